The molecular formula is C26H31NO4. The molecule has 0 aliphatic carbocycles. The summed E-state index contributed by atoms with van der Waals surface area (Å²) >= 11 is 0. The number of carbonyl (C=O) groups excluding carboxylic acids is 1. The first-order valence-corrected chi connectivity index (χ1v) is 11.1. The second-order valence-corrected chi connectivity index (χ2v) is 8.03. The van der Waals surface area contributed by atoms with Gasteiger partial charge in [-0.3, -0.25) is 9.59 Å². The number of carbonyl (C=O) groups is 2. The summed E-state index contributed by atoms with van der Waals surface area (Å²) < 4.78 is 0. The first kappa shape index (κ1) is 22.8. The number of aliphatic carboxylic acids is 1. The Morgan fingerprint density at radius 3 is 2.52 bits per heavy atom. The molecule has 0 radical (unpaired) electrons. The van der Waals surface area contributed by atoms with Crippen molar-refractivity contribution in [1.82, 2.24) is 4.90 Å². The van der Waals surface area contributed by atoms with Gasteiger partial charge < -0.3 is 15.1 Å². The van der Waals surface area contributed by atoms with Crippen LogP contribution in [-0.4, -0.2) is 39.6 Å². The van der Waals surface area contributed by atoms with Crippen molar-refractivity contribution < 1.29 is 19.8 Å². The van der Waals surface area contributed by atoms with Crippen molar-refractivity contribution in [2.24, 2.45) is 0 Å². The number of rotatable bonds is 11. The summed E-state index contributed by atoms with van der Waals surface area (Å²) in [6.07, 6.45) is 7.85. The number of aliphatic hydroxyl groups excluding tert-OH is 1. The number of amides is 1. The molecule has 2 atom stereocenters. The van der Waals surface area contributed by atoms with Crippen LogP contribution in [0.5, 0.6) is 0 Å². The zero-order chi connectivity index (χ0) is 22.1. The van der Waals surface area contributed by atoms with Crippen molar-refractivity contribution in [2.45, 2.75) is 57.1 Å². The highest BCUT2D eigenvalue weighted by Gasteiger charge is 2.28. The second-order valence-electron chi connectivity index (χ2n) is 8.03. The van der Waals surface area contributed by atoms with Gasteiger partial charge in [0.05, 0.1) is 12.1 Å². The summed E-state index contributed by atoms with van der Waals surface area (Å²) in [4.78, 5) is 24.8. The molecule has 164 valence electrons. The van der Waals surface area contributed by atoms with Gasteiger partial charge in [-0.15, -0.1) is 0 Å². The van der Waals surface area contributed by atoms with E-state index >= 15 is 0 Å². The normalized spacial score (nSPS) is 17.4. The summed E-state index contributed by atoms with van der Waals surface area (Å²) in [6.45, 7) is 0.678. The van der Waals surface area contributed by atoms with Crippen LogP contribution in [0.1, 0.15) is 56.6 Å². The fraction of sp³-hybridized carbons (Fsp3) is 0.385. The summed E-state index contributed by atoms with van der Waals surface area (Å²) in [7, 11) is 0. The van der Waals surface area contributed by atoms with E-state index in [1.807, 2.05) is 65.6 Å². The van der Waals surface area contributed by atoms with Crippen LogP contribution in [0, 0.1) is 0 Å². The molecule has 5 nitrogen and oxygen atoms in total. The molecule has 1 unspecified atom stereocenters. The average Bonchev–Trinajstić information content (AvgIpc) is 3.14. The van der Waals surface area contributed by atoms with Gasteiger partial charge in [-0.1, -0.05) is 79.6 Å². The van der Waals surface area contributed by atoms with Crippen molar-refractivity contribution in [3.05, 3.63) is 72.3 Å². The molecule has 2 N–H and O–H groups in total. The van der Waals surface area contributed by atoms with E-state index in [2.05, 4.69) is 0 Å². The zero-order valence-corrected chi connectivity index (χ0v) is 17.8. The summed E-state index contributed by atoms with van der Waals surface area (Å²) in [6, 6.07) is 17.8. The number of aliphatic hydroxyl groups is 1. The van der Waals surface area contributed by atoms with Gasteiger partial charge in [-0.05, 0) is 36.0 Å². The largest absolute Gasteiger partial charge is 0.481 e. The molecule has 2 aromatic carbocycles. The Labute approximate surface area is 184 Å². The van der Waals surface area contributed by atoms with E-state index < -0.39 is 12.1 Å². The number of carboxylic acid groups (broad SMARTS) is 1. The van der Waals surface area contributed by atoms with Crippen LogP contribution < -0.4 is 0 Å². The van der Waals surface area contributed by atoms with Gasteiger partial charge in [0.25, 0.3) is 0 Å². The molecule has 1 aliphatic rings. The van der Waals surface area contributed by atoms with Gasteiger partial charge in [-0.25, -0.2) is 0 Å². The maximum atomic E-state index is 12.3. The molecule has 0 saturated carbocycles. The van der Waals surface area contributed by atoms with E-state index in [4.69, 9.17) is 5.11 Å². The minimum absolute atomic E-state index is 0.00468. The lowest BCUT2D eigenvalue weighted by molar-refractivity contribution is -0.137. The third kappa shape index (κ3) is 6.53. The minimum atomic E-state index is -0.757. The molecule has 1 saturated heterocycles. The Morgan fingerprint density at radius 1 is 1.03 bits per heavy atom. The number of likely N-dealkylation sites (tertiary alicyclic amines) is 1. The number of hydrogen-bond donors (Lipinski definition) is 2. The first-order chi connectivity index (χ1) is 15.1. The van der Waals surface area contributed by atoms with Gasteiger partial charge in [0.2, 0.25) is 5.91 Å². The van der Waals surface area contributed by atoms with Crippen LogP contribution in [0.2, 0.25) is 0 Å². The molecule has 1 fully saturated rings. The van der Waals surface area contributed by atoms with Crippen LogP contribution in [0.3, 0.4) is 0 Å². The van der Waals surface area contributed by atoms with Crippen LogP contribution >= 0.6 is 0 Å². The lowest BCUT2D eigenvalue weighted by Crippen LogP contribution is -2.32. The molecule has 1 heterocycles. The standard InChI is InChI=1S/C26H31NO4/c28-24(23-13-8-7-12-22(23)20-10-4-3-5-11-20)17-15-21-16-18-25(29)27(21)19-9-2-1-6-14-26(30)31/h3-5,7-8,10-13,15,17,21,24,28H,1-2,6,9,14,16,18-19H2,(H,30,31)/t21?,24-/m1/s1. The molecule has 31 heavy (non-hydrogen) atoms. The van der Waals surface area contributed by atoms with Crippen LogP contribution in [-0.2, 0) is 9.59 Å². The topological polar surface area (TPSA) is 77.8 Å². The molecule has 0 spiro atoms. The number of benzene rings is 2. The summed E-state index contributed by atoms with van der Waals surface area (Å²) in [5, 5.41) is 19.6. The van der Waals surface area contributed by atoms with Crippen molar-refractivity contribution in [3.63, 3.8) is 0 Å². The number of nitrogens with zero attached hydrogens (tertiary/aromatic N) is 1. The van der Waals surface area contributed by atoms with Crippen molar-refractivity contribution >= 4 is 11.9 Å². The summed E-state index contributed by atoms with van der Waals surface area (Å²) in [5.74, 6) is -0.605. The lowest BCUT2D eigenvalue weighted by Gasteiger charge is -2.23. The Hall–Kier alpha value is -2.92. The Bertz CT molecular complexity index is 893. The van der Waals surface area contributed by atoms with E-state index in [-0.39, 0.29) is 18.4 Å². The molecule has 5 heteroatoms. The number of unbranched alkanes of at least 4 members (excludes halogenated alkanes) is 3. The minimum Gasteiger partial charge on any atom is -0.481 e. The van der Waals surface area contributed by atoms with Gasteiger partial charge >= 0.3 is 5.97 Å². The third-order valence-corrected chi connectivity index (χ3v) is 5.79. The zero-order valence-electron chi connectivity index (χ0n) is 17.8. The highest BCUT2D eigenvalue weighted by Crippen LogP contribution is 2.29. The monoisotopic (exact) mass is 421 g/mol. The maximum Gasteiger partial charge on any atom is 0.303 e. The van der Waals surface area contributed by atoms with Crippen LogP contribution in [0.25, 0.3) is 11.1 Å². The van der Waals surface area contributed by atoms with Gasteiger partial charge in [0.15, 0.2) is 0 Å². The maximum absolute atomic E-state index is 12.3. The van der Waals surface area contributed by atoms with E-state index in [1.54, 1.807) is 6.08 Å². The third-order valence-electron chi connectivity index (χ3n) is 5.79. The quantitative estimate of drug-likeness (QED) is 0.397. The van der Waals surface area contributed by atoms with Crippen molar-refractivity contribution in [2.75, 3.05) is 6.54 Å². The van der Waals surface area contributed by atoms with Crippen molar-refractivity contribution in [1.29, 1.82) is 0 Å². The fourth-order valence-electron chi connectivity index (χ4n) is 4.13. The number of hydrogen-bond acceptors (Lipinski definition) is 3. The number of carboxylic acids is 1. The first-order valence-electron chi connectivity index (χ1n) is 11.1. The molecule has 3 rings (SSSR count). The van der Waals surface area contributed by atoms with E-state index in [9.17, 15) is 14.7 Å². The van der Waals surface area contributed by atoms with Gasteiger partial charge in [0, 0.05) is 19.4 Å². The van der Waals surface area contributed by atoms with Gasteiger partial charge in [-0.2, -0.15) is 0 Å². The Morgan fingerprint density at radius 2 is 1.74 bits per heavy atom. The Balaban J connectivity index is 1.59. The van der Waals surface area contributed by atoms with Crippen LogP contribution in [0.4, 0.5) is 0 Å². The molecule has 0 aromatic heterocycles. The highest BCUT2D eigenvalue weighted by atomic mass is 16.4. The SMILES string of the molecule is O=C(O)CCCCCCN1C(=O)CCC1C=C[C@@H](O)c1ccccc1-c1ccccc1. The smallest absolute Gasteiger partial charge is 0.303 e. The highest BCUT2D eigenvalue weighted by molar-refractivity contribution is 5.79. The molecule has 2 aromatic rings. The predicted molar refractivity (Wildman–Crippen MR) is 121 cm³/mol. The molecule has 1 aliphatic heterocycles. The molecule has 1 amide bonds. The second kappa shape index (κ2) is 11.5. The predicted octanol–water partition coefficient (Wildman–Crippen LogP) is 4.97. The molecule has 0 bridgehead atoms. The average molecular weight is 422 g/mol. The van der Waals surface area contributed by atoms with E-state index in [0.717, 1.165) is 42.4 Å². The fourth-order valence-corrected chi connectivity index (χ4v) is 4.13. The molecular weight excluding hydrogens is 390 g/mol. The lowest BCUT2D eigenvalue weighted by atomic mass is 9.95. The summed E-state index contributed by atoms with van der Waals surface area (Å²) in [5.41, 5.74) is 2.91. The Kier molecular flexibility index (Phi) is 8.42. The van der Waals surface area contributed by atoms with Crippen LogP contribution in [0.15, 0.2) is 66.7 Å². The van der Waals surface area contributed by atoms with Crippen molar-refractivity contribution in [3.8, 4) is 11.1 Å². The van der Waals surface area contributed by atoms with Gasteiger partial charge in [0.1, 0.15) is 0 Å². The van der Waals surface area contributed by atoms with E-state index in [1.165, 1.54) is 0 Å². The van der Waals surface area contributed by atoms with E-state index in [0.29, 0.717) is 19.4 Å².